The topological polar surface area (TPSA) is 38.9 Å². The maximum absolute atomic E-state index is 5.62. The fraction of sp³-hybridized carbons (Fsp3) is 0.545. The molecule has 78 valence electrons. The van der Waals surface area contributed by atoms with E-state index in [0.29, 0.717) is 11.8 Å². The Morgan fingerprint density at radius 1 is 1.36 bits per heavy atom. The van der Waals surface area contributed by atoms with E-state index in [1.54, 1.807) is 0 Å². The molecule has 0 aliphatic carbocycles. The molecule has 2 unspecified atom stereocenters. The number of hydrogen-bond acceptors (Lipinski definition) is 2. The van der Waals surface area contributed by atoms with Crippen molar-refractivity contribution in [2.45, 2.75) is 20.3 Å². The van der Waals surface area contributed by atoms with Crippen molar-refractivity contribution >= 4 is 15.9 Å². The second-order valence-electron chi connectivity index (χ2n) is 3.86. The van der Waals surface area contributed by atoms with Crippen molar-refractivity contribution in [2.24, 2.45) is 17.6 Å². The Morgan fingerprint density at radius 3 is 2.57 bits per heavy atom. The Kier molecular flexibility index (Phi) is 4.55. The highest BCUT2D eigenvalue weighted by Gasteiger charge is 2.11. The van der Waals surface area contributed by atoms with Crippen LogP contribution in [0.4, 0.5) is 0 Å². The molecular weight excluding hydrogens is 240 g/mol. The van der Waals surface area contributed by atoms with Crippen molar-refractivity contribution in [1.82, 2.24) is 4.98 Å². The highest BCUT2D eigenvalue weighted by Crippen LogP contribution is 2.16. The van der Waals surface area contributed by atoms with Crippen LogP contribution in [0.2, 0.25) is 0 Å². The first kappa shape index (κ1) is 11.7. The van der Waals surface area contributed by atoms with Gasteiger partial charge in [-0.3, -0.25) is 4.98 Å². The summed E-state index contributed by atoms with van der Waals surface area (Å²) >= 11 is 3.37. The zero-order valence-corrected chi connectivity index (χ0v) is 10.3. The summed E-state index contributed by atoms with van der Waals surface area (Å²) in [7, 11) is 0. The normalized spacial score (nSPS) is 15.1. The van der Waals surface area contributed by atoms with Crippen molar-refractivity contribution in [3.05, 3.63) is 28.5 Å². The van der Waals surface area contributed by atoms with Crippen molar-refractivity contribution in [3.63, 3.8) is 0 Å². The third-order valence-electron chi connectivity index (χ3n) is 2.66. The lowest BCUT2D eigenvalue weighted by atomic mass is 9.91. The van der Waals surface area contributed by atoms with Crippen LogP contribution in [-0.2, 0) is 6.42 Å². The van der Waals surface area contributed by atoms with Crippen LogP contribution >= 0.6 is 15.9 Å². The highest BCUT2D eigenvalue weighted by molar-refractivity contribution is 9.10. The highest BCUT2D eigenvalue weighted by atomic mass is 79.9. The quantitative estimate of drug-likeness (QED) is 0.900. The predicted octanol–water partition coefficient (Wildman–Crippen LogP) is 2.62. The van der Waals surface area contributed by atoms with E-state index >= 15 is 0 Å². The predicted molar refractivity (Wildman–Crippen MR) is 63.0 cm³/mol. The second-order valence-corrected chi connectivity index (χ2v) is 4.78. The first-order valence-electron chi connectivity index (χ1n) is 4.94. The molecule has 14 heavy (non-hydrogen) atoms. The van der Waals surface area contributed by atoms with Crippen LogP contribution in [0, 0.1) is 11.8 Å². The molecule has 1 aromatic rings. The molecule has 0 aliphatic rings. The minimum absolute atomic E-state index is 0.556. The minimum Gasteiger partial charge on any atom is -0.330 e. The lowest BCUT2D eigenvalue weighted by molar-refractivity contribution is 0.391. The Labute approximate surface area is 94.0 Å². The molecule has 2 nitrogen and oxygen atoms in total. The molecule has 0 saturated heterocycles. The molecule has 1 rings (SSSR count). The maximum Gasteiger partial charge on any atom is 0.0413 e. The van der Waals surface area contributed by atoms with Crippen molar-refractivity contribution in [1.29, 1.82) is 0 Å². The third kappa shape index (κ3) is 3.39. The van der Waals surface area contributed by atoms with Gasteiger partial charge in [0, 0.05) is 16.4 Å². The SMILES string of the molecule is CC(CN)C(C)Cc1ccc(Br)cn1. The van der Waals surface area contributed by atoms with Gasteiger partial charge in [-0.05, 0) is 52.9 Å². The van der Waals surface area contributed by atoms with Crippen LogP contribution < -0.4 is 5.73 Å². The van der Waals surface area contributed by atoms with Crippen LogP contribution in [0.1, 0.15) is 19.5 Å². The van der Waals surface area contributed by atoms with Gasteiger partial charge in [0.15, 0.2) is 0 Å². The first-order chi connectivity index (χ1) is 6.63. The molecule has 0 saturated carbocycles. The average molecular weight is 257 g/mol. The summed E-state index contributed by atoms with van der Waals surface area (Å²) in [6.45, 7) is 5.16. The molecule has 1 heterocycles. The summed E-state index contributed by atoms with van der Waals surface area (Å²) in [5.74, 6) is 1.15. The number of halogens is 1. The standard InChI is InChI=1S/C11H17BrN2/c1-8(9(2)6-13)5-11-4-3-10(12)7-14-11/h3-4,7-9H,5-6,13H2,1-2H3. The van der Waals surface area contributed by atoms with Gasteiger partial charge in [0.1, 0.15) is 0 Å². The van der Waals surface area contributed by atoms with Gasteiger partial charge in [-0.2, -0.15) is 0 Å². The van der Waals surface area contributed by atoms with Crippen LogP contribution in [-0.4, -0.2) is 11.5 Å². The molecular formula is C11H17BrN2. The van der Waals surface area contributed by atoms with E-state index in [1.807, 2.05) is 12.3 Å². The zero-order valence-electron chi connectivity index (χ0n) is 8.70. The number of rotatable bonds is 4. The second kappa shape index (κ2) is 5.47. The van der Waals surface area contributed by atoms with E-state index in [9.17, 15) is 0 Å². The van der Waals surface area contributed by atoms with Gasteiger partial charge in [-0.15, -0.1) is 0 Å². The van der Waals surface area contributed by atoms with E-state index < -0.39 is 0 Å². The van der Waals surface area contributed by atoms with Crippen LogP contribution in [0.15, 0.2) is 22.8 Å². The molecule has 2 N–H and O–H groups in total. The van der Waals surface area contributed by atoms with Gasteiger partial charge in [-0.1, -0.05) is 13.8 Å². The average Bonchev–Trinajstić information content (AvgIpc) is 2.20. The first-order valence-corrected chi connectivity index (χ1v) is 5.73. The van der Waals surface area contributed by atoms with E-state index in [4.69, 9.17) is 5.73 Å². The van der Waals surface area contributed by atoms with Crippen molar-refractivity contribution in [3.8, 4) is 0 Å². The number of aromatic nitrogens is 1. The molecule has 0 radical (unpaired) electrons. The van der Waals surface area contributed by atoms with Crippen LogP contribution in [0.3, 0.4) is 0 Å². The summed E-state index contributed by atoms with van der Waals surface area (Å²) in [5, 5.41) is 0. The Balaban J connectivity index is 2.56. The lowest BCUT2D eigenvalue weighted by Crippen LogP contribution is -2.20. The van der Waals surface area contributed by atoms with Gasteiger partial charge in [0.2, 0.25) is 0 Å². The van der Waals surface area contributed by atoms with Crippen LogP contribution in [0.25, 0.3) is 0 Å². The fourth-order valence-corrected chi connectivity index (χ4v) is 1.53. The summed E-state index contributed by atoms with van der Waals surface area (Å²) in [4.78, 5) is 4.35. The van der Waals surface area contributed by atoms with Gasteiger partial charge in [0.05, 0.1) is 0 Å². The summed E-state index contributed by atoms with van der Waals surface area (Å²) in [6, 6.07) is 4.09. The third-order valence-corrected chi connectivity index (χ3v) is 3.13. The summed E-state index contributed by atoms with van der Waals surface area (Å²) in [5.41, 5.74) is 6.76. The summed E-state index contributed by atoms with van der Waals surface area (Å²) in [6.07, 6.45) is 2.85. The maximum atomic E-state index is 5.62. The zero-order chi connectivity index (χ0) is 10.6. The van der Waals surface area contributed by atoms with E-state index in [0.717, 1.165) is 23.1 Å². The Hall–Kier alpha value is -0.410. The summed E-state index contributed by atoms with van der Waals surface area (Å²) < 4.78 is 1.03. The lowest BCUT2D eigenvalue weighted by Gasteiger charge is -2.17. The monoisotopic (exact) mass is 256 g/mol. The van der Waals surface area contributed by atoms with Gasteiger partial charge >= 0.3 is 0 Å². The fourth-order valence-electron chi connectivity index (χ4n) is 1.29. The molecule has 0 bridgehead atoms. The molecule has 0 spiro atoms. The van der Waals surface area contributed by atoms with E-state index in [2.05, 4.69) is 40.8 Å². The minimum atomic E-state index is 0.556. The molecule has 2 atom stereocenters. The van der Waals surface area contributed by atoms with E-state index in [1.165, 1.54) is 0 Å². The van der Waals surface area contributed by atoms with Crippen molar-refractivity contribution < 1.29 is 0 Å². The van der Waals surface area contributed by atoms with Crippen LogP contribution in [0.5, 0.6) is 0 Å². The number of pyridine rings is 1. The molecule has 0 fully saturated rings. The molecule has 0 amide bonds. The van der Waals surface area contributed by atoms with Gasteiger partial charge in [-0.25, -0.2) is 0 Å². The van der Waals surface area contributed by atoms with Crippen molar-refractivity contribution in [2.75, 3.05) is 6.54 Å². The largest absolute Gasteiger partial charge is 0.330 e. The Morgan fingerprint density at radius 2 is 2.07 bits per heavy atom. The van der Waals surface area contributed by atoms with Gasteiger partial charge < -0.3 is 5.73 Å². The van der Waals surface area contributed by atoms with E-state index in [-0.39, 0.29) is 0 Å². The molecule has 3 heteroatoms. The smallest absolute Gasteiger partial charge is 0.0413 e. The molecule has 0 aliphatic heterocycles. The molecule has 1 aromatic heterocycles. The Bertz CT molecular complexity index is 271. The number of nitrogens with zero attached hydrogens (tertiary/aromatic N) is 1. The molecule has 0 aromatic carbocycles. The van der Waals surface area contributed by atoms with Gasteiger partial charge in [0.25, 0.3) is 0 Å². The number of hydrogen-bond donors (Lipinski definition) is 1. The number of nitrogens with two attached hydrogens (primary N) is 1.